The molecule has 0 spiro atoms. The molecule has 1 amide bonds. The van der Waals surface area contributed by atoms with Crippen LogP contribution < -0.4 is 5.32 Å². The molecule has 0 aliphatic heterocycles. The monoisotopic (exact) mass is 255 g/mol. The molecule has 0 saturated heterocycles. The lowest BCUT2D eigenvalue weighted by atomic mass is 10.0. The molecule has 2 atom stereocenters. The third-order valence-electron chi connectivity index (χ3n) is 2.83. The smallest absolute Gasteiger partial charge is 0.222 e. The van der Waals surface area contributed by atoms with Gasteiger partial charge in [-0.25, -0.2) is 0 Å². The second-order valence-electron chi connectivity index (χ2n) is 4.66. The number of amides is 1. The first-order chi connectivity index (χ1) is 7.97. The molecule has 17 heavy (non-hydrogen) atoms. The number of thiophene rings is 1. The predicted molar refractivity (Wildman–Crippen MR) is 71.0 cm³/mol. The molecular formula is C13H21NO2S. The molecule has 0 aliphatic carbocycles. The zero-order valence-corrected chi connectivity index (χ0v) is 11.5. The fraction of sp³-hybridized carbons (Fsp3) is 0.615. The second kappa shape index (κ2) is 6.17. The topological polar surface area (TPSA) is 49.3 Å². The van der Waals surface area contributed by atoms with E-state index in [1.807, 2.05) is 24.4 Å². The number of hydrogen-bond donors (Lipinski definition) is 2. The Morgan fingerprint density at radius 1 is 1.65 bits per heavy atom. The minimum Gasteiger partial charge on any atom is -0.383 e. The van der Waals surface area contributed by atoms with Gasteiger partial charge in [0.05, 0.1) is 6.54 Å². The lowest BCUT2D eigenvalue weighted by molar-refractivity contribution is -0.125. The Bertz CT molecular complexity index is 346. The molecule has 1 aromatic heterocycles. The van der Waals surface area contributed by atoms with E-state index in [1.54, 1.807) is 6.92 Å². The molecule has 0 bridgehead atoms. The van der Waals surface area contributed by atoms with E-state index < -0.39 is 5.60 Å². The molecule has 0 saturated carbocycles. The molecule has 0 aliphatic rings. The average molecular weight is 255 g/mol. The van der Waals surface area contributed by atoms with Crippen LogP contribution >= 0.6 is 11.3 Å². The lowest BCUT2D eigenvalue weighted by Gasteiger charge is -2.23. The van der Waals surface area contributed by atoms with E-state index in [-0.39, 0.29) is 18.4 Å². The summed E-state index contributed by atoms with van der Waals surface area (Å²) in [5.41, 5.74) is -0.976. The van der Waals surface area contributed by atoms with E-state index >= 15 is 0 Å². The van der Waals surface area contributed by atoms with Crippen molar-refractivity contribution in [1.82, 2.24) is 5.32 Å². The van der Waals surface area contributed by atoms with Gasteiger partial charge in [-0.3, -0.25) is 4.79 Å². The zero-order chi connectivity index (χ0) is 12.9. The van der Waals surface area contributed by atoms with Crippen LogP contribution in [0.5, 0.6) is 0 Å². The van der Waals surface area contributed by atoms with Crippen LogP contribution in [0.15, 0.2) is 17.5 Å². The summed E-state index contributed by atoms with van der Waals surface area (Å²) in [6.45, 7) is 5.97. The standard InChI is InChI=1S/C13H21NO2S/c1-4-6-10(2)12(15)14-9-13(3,16)11-7-5-8-17-11/h5,7-8,10,16H,4,6,9H2,1-3H3,(H,14,15). The van der Waals surface area contributed by atoms with Gasteiger partial charge in [-0.05, 0) is 24.8 Å². The quantitative estimate of drug-likeness (QED) is 0.820. The second-order valence-corrected chi connectivity index (χ2v) is 5.61. The van der Waals surface area contributed by atoms with E-state index in [9.17, 15) is 9.90 Å². The maximum Gasteiger partial charge on any atom is 0.222 e. The molecule has 4 heteroatoms. The van der Waals surface area contributed by atoms with Gasteiger partial charge in [0.2, 0.25) is 5.91 Å². The Morgan fingerprint density at radius 2 is 2.35 bits per heavy atom. The molecule has 1 aromatic rings. The van der Waals surface area contributed by atoms with Crippen molar-refractivity contribution in [2.24, 2.45) is 5.92 Å². The van der Waals surface area contributed by atoms with Crippen molar-refractivity contribution in [2.45, 2.75) is 39.2 Å². The van der Waals surface area contributed by atoms with Gasteiger partial charge in [-0.15, -0.1) is 11.3 Å². The van der Waals surface area contributed by atoms with Crippen molar-refractivity contribution in [3.63, 3.8) is 0 Å². The Balaban J connectivity index is 2.47. The van der Waals surface area contributed by atoms with Crippen LogP contribution in [0.2, 0.25) is 0 Å². The minimum absolute atomic E-state index is 0.0131. The highest BCUT2D eigenvalue weighted by Crippen LogP contribution is 2.24. The van der Waals surface area contributed by atoms with Gasteiger partial charge in [0.1, 0.15) is 5.60 Å². The number of rotatable bonds is 6. The molecule has 0 aromatic carbocycles. The van der Waals surface area contributed by atoms with Gasteiger partial charge in [0.15, 0.2) is 0 Å². The van der Waals surface area contributed by atoms with E-state index in [1.165, 1.54) is 11.3 Å². The zero-order valence-electron chi connectivity index (χ0n) is 10.7. The summed E-state index contributed by atoms with van der Waals surface area (Å²) in [6, 6.07) is 3.78. The third-order valence-corrected chi connectivity index (χ3v) is 3.95. The molecule has 0 radical (unpaired) electrons. The van der Waals surface area contributed by atoms with Crippen LogP contribution in [0, 0.1) is 5.92 Å². The Labute approximate surface area is 107 Å². The fourth-order valence-corrected chi connectivity index (χ4v) is 2.46. The van der Waals surface area contributed by atoms with Crippen LogP contribution in [0.25, 0.3) is 0 Å². The molecule has 1 rings (SSSR count). The molecule has 2 unspecified atom stereocenters. The first-order valence-corrected chi connectivity index (χ1v) is 6.89. The van der Waals surface area contributed by atoms with Crippen LogP contribution in [-0.2, 0) is 10.4 Å². The van der Waals surface area contributed by atoms with Gasteiger partial charge in [-0.1, -0.05) is 26.3 Å². The molecule has 2 N–H and O–H groups in total. The van der Waals surface area contributed by atoms with E-state index in [2.05, 4.69) is 12.2 Å². The average Bonchev–Trinajstić information content (AvgIpc) is 2.80. The molecule has 1 heterocycles. The fourth-order valence-electron chi connectivity index (χ4n) is 1.67. The van der Waals surface area contributed by atoms with Crippen molar-refractivity contribution in [2.75, 3.05) is 6.54 Å². The maximum absolute atomic E-state index is 11.7. The summed E-state index contributed by atoms with van der Waals surface area (Å²) in [7, 11) is 0. The van der Waals surface area contributed by atoms with Gasteiger partial charge in [0.25, 0.3) is 0 Å². The summed E-state index contributed by atoms with van der Waals surface area (Å²) in [6.07, 6.45) is 1.88. The van der Waals surface area contributed by atoms with Crippen LogP contribution in [-0.4, -0.2) is 17.6 Å². The number of carbonyl (C=O) groups excluding carboxylic acids is 1. The van der Waals surface area contributed by atoms with Crippen LogP contribution in [0.4, 0.5) is 0 Å². The van der Waals surface area contributed by atoms with E-state index in [4.69, 9.17) is 0 Å². The Morgan fingerprint density at radius 3 is 2.88 bits per heavy atom. The lowest BCUT2D eigenvalue weighted by Crippen LogP contribution is -2.40. The molecule has 0 fully saturated rings. The maximum atomic E-state index is 11.7. The van der Waals surface area contributed by atoms with Crippen molar-refractivity contribution in [1.29, 1.82) is 0 Å². The Kier molecular flexibility index (Phi) is 5.15. The molecule has 96 valence electrons. The summed E-state index contributed by atoms with van der Waals surface area (Å²) in [4.78, 5) is 12.6. The summed E-state index contributed by atoms with van der Waals surface area (Å²) < 4.78 is 0. The van der Waals surface area contributed by atoms with Crippen LogP contribution in [0.3, 0.4) is 0 Å². The largest absolute Gasteiger partial charge is 0.383 e. The highest BCUT2D eigenvalue weighted by Gasteiger charge is 2.25. The van der Waals surface area contributed by atoms with Crippen molar-refractivity contribution >= 4 is 17.2 Å². The highest BCUT2D eigenvalue weighted by atomic mass is 32.1. The van der Waals surface area contributed by atoms with E-state index in [0.717, 1.165) is 17.7 Å². The van der Waals surface area contributed by atoms with Crippen molar-refractivity contribution in [3.05, 3.63) is 22.4 Å². The highest BCUT2D eigenvalue weighted by molar-refractivity contribution is 7.10. The van der Waals surface area contributed by atoms with Gasteiger partial charge in [-0.2, -0.15) is 0 Å². The number of nitrogens with one attached hydrogen (secondary N) is 1. The predicted octanol–water partition coefficient (Wildman–Crippen LogP) is 2.51. The SMILES string of the molecule is CCCC(C)C(=O)NCC(C)(O)c1cccs1. The summed E-state index contributed by atoms with van der Waals surface area (Å²) >= 11 is 1.50. The number of carbonyl (C=O) groups is 1. The summed E-state index contributed by atoms with van der Waals surface area (Å²) in [5.74, 6) is 0.0304. The van der Waals surface area contributed by atoms with Crippen LogP contribution in [0.1, 0.15) is 38.5 Å². The van der Waals surface area contributed by atoms with E-state index in [0.29, 0.717) is 0 Å². The van der Waals surface area contributed by atoms with Crippen molar-refractivity contribution in [3.8, 4) is 0 Å². The number of hydrogen-bond acceptors (Lipinski definition) is 3. The minimum atomic E-state index is -0.976. The molecular weight excluding hydrogens is 234 g/mol. The van der Waals surface area contributed by atoms with Crippen molar-refractivity contribution < 1.29 is 9.90 Å². The first-order valence-electron chi connectivity index (χ1n) is 6.01. The molecule has 3 nitrogen and oxygen atoms in total. The summed E-state index contributed by atoms with van der Waals surface area (Å²) in [5, 5.41) is 15.0. The first kappa shape index (κ1) is 14.2. The normalized spacial score (nSPS) is 16.2. The Hall–Kier alpha value is -0.870. The van der Waals surface area contributed by atoms with Gasteiger partial charge >= 0.3 is 0 Å². The third kappa shape index (κ3) is 4.13. The van der Waals surface area contributed by atoms with Gasteiger partial charge < -0.3 is 10.4 Å². The van der Waals surface area contributed by atoms with Gasteiger partial charge in [0, 0.05) is 10.8 Å². The number of aliphatic hydroxyl groups is 1.